The average molecular weight is 541 g/mol. The number of anilines is 1. The first-order valence-corrected chi connectivity index (χ1v) is 14.0. The SMILES string of the molecule is C=N/C(=C\SCNc1ccc(CN[C@@H]([C@H](C)CN2CCCCC2)C(F)(F)F)cn1)c1sc(C)nc1C. The van der Waals surface area contributed by atoms with Crippen molar-refractivity contribution in [1.29, 1.82) is 0 Å². The molecule has 3 heterocycles. The number of piperidine rings is 1. The Balaban J connectivity index is 1.48. The lowest BCUT2D eigenvalue weighted by Gasteiger charge is -2.33. The number of rotatable bonds is 12. The molecule has 0 saturated carbocycles. The van der Waals surface area contributed by atoms with E-state index >= 15 is 0 Å². The van der Waals surface area contributed by atoms with Crippen LogP contribution in [0.3, 0.4) is 0 Å². The number of aryl methyl sites for hydroxylation is 2. The molecular weight excluding hydrogens is 505 g/mol. The number of hydrogen-bond acceptors (Lipinski definition) is 8. The van der Waals surface area contributed by atoms with Gasteiger partial charge in [-0.05, 0) is 69.5 Å². The van der Waals surface area contributed by atoms with Gasteiger partial charge in [-0.15, -0.1) is 23.1 Å². The van der Waals surface area contributed by atoms with Gasteiger partial charge in [-0.2, -0.15) is 13.2 Å². The van der Waals surface area contributed by atoms with Crippen LogP contribution in [0.5, 0.6) is 0 Å². The first kappa shape index (κ1) is 28.6. The molecule has 1 fully saturated rings. The highest BCUT2D eigenvalue weighted by Gasteiger charge is 2.43. The third-order valence-corrected chi connectivity index (χ3v) is 7.90. The second-order valence-electron chi connectivity index (χ2n) is 9.09. The Hall–Kier alpha value is -1.95. The van der Waals surface area contributed by atoms with E-state index in [1.54, 1.807) is 36.6 Å². The Morgan fingerprint density at radius 1 is 1.28 bits per heavy atom. The fourth-order valence-electron chi connectivity index (χ4n) is 4.32. The van der Waals surface area contributed by atoms with Crippen LogP contribution in [0.15, 0.2) is 28.7 Å². The molecule has 0 radical (unpaired) electrons. The molecular formula is C25H35F3N6S2. The lowest BCUT2D eigenvalue weighted by atomic mass is 9.99. The normalized spacial score (nSPS) is 17.1. The summed E-state index contributed by atoms with van der Waals surface area (Å²) in [7, 11) is 0. The third-order valence-electron chi connectivity index (χ3n) is 6.11. The van der Waals surface area contributed by atoms with E-state index in [1.165, 1.54) is 18.2 Å². The van der Waals surface area contributed by atoms with E-state index in [0.717, 1.165) is 47.2 Å². The van der Waals surface area contributed by atoms with E-state index in [9.17, 15) is 13.2 Å². The maximum atomic E-state index is 13.8. The highest BCUT2D eigenvalue weighted by Crippen LogP contribution is 2.29. The number of nitrogens with zero attached hydrogens (tertiary/aromatic N) is 4. The van der Waals surface area contributed by atoms with Crippen LogP contribution >= 0.6 is 23.1 Å². The van der Waals surface area contributed by atoms with Gasteiger partial charge in [0, 0.05) is 19.3 Å². The summed E-state index contributed by atoms with van der Waals surface area (Å²) in [5.74, 6) is 0.683. The van der Waals surface area contributed by atoms with Gasteiger partial charge in [-0.3, -0.25) is 4.99 Å². The van der Waals surface area contributed by atoms with Crippen LogP contribution < -0.4 is 10.6 Å². The number of pyridine rings is 1. The van der Waals surface area contributed by atoms with Crippen molar-refractivity contribution in [2.75, 3.05) is 30.8 Å². The lowest BCUT2D eigenvalue weighted by molar-refractivity contribution is -0.168. The van der Waals surface area contributed by atoms with Gasteiger partial charge in [0.2, 0.25) is 0 Å². The molecule has 198 valence electrons. The number of nitrogens with one attached hydrogen (secondary N) is 2. The van der Waals surface area contributed by atoms with Crippen LogP contribution in [-0.2, 0) is 6.54 Å². The smallest absolute Gasteiger partial charge is 0.361 e. The second-order valence-corrected chi connectivity index (χ2v) is 11.1. The van der Waals surface area contributed by atoms with Crippen molar-refractivity contribution < 1.29 is 13.2 Å². The minimum Gasteiger partial charge on any atom is -0.361 e. The fraction of sp³-hybridized carbons (Fsp3) is 0.560. The molecule has 0 amide bonds. The number of aromatic nitrogens is 2. The number of hydrogen-bond donors (Lipinski definition) is 2. The molecule has 0 unspecified atom stereocenters. The summed E-state index contributed by atoms with van der Waals surface area (Å²) in [6, 6.07) is 2.02. The molecule has 1 aliphatic rings. The summed E-state index contributed by atoms with van der Waals surface area (Å²) in [6.45, 7) is 11.6. The molecule has 0 spiro atoms. The molecule has 1 saturated heterocycles. The van der Waals surface area contributed by atoms with E-state index in [0.29, 0.717) is 23.8 Å². The topological polar surface area (TPSA) is 65.4 Å². The minimum absolute atomic E-state index is 0.112. The van der Waals surface area contributed by atoms with E-state index in [-0.39, 0.29) is 6.54 Å². The molecule has 11 heteroatoms. The van der Waals surface area contributed by atoms with Gasteiger partial charge in [0.15, 0.2) is 0 Å². The van der Waals surface area contributed by atoms with E-state index < -0.39 is 18.1 Å². The van der Waals surface area contributed by atoms with Gasteiger partial charge >= 0.3 is 6.18 Å². The number of thiazole rings is 1. The number of halogens is 3. The molecule has 36 heavy (non-hydrogen) atoms. The standard InChI is InChI=1S/C25H35F3N6S2/c1-17(14-34-10-6-5-7-11-34)24(25(26,27)28)31-13-20-8-9-22(30-12-20)32-16-35-15-21(29-4)23-18(2)33-19(3)36-23/h8-9,12,15,17,24,31H,4-7,10-11,13-14,16H2,1-3H3,(H,30,32)/b21-15-/t17-,24+/m1/s1. The maximum absolute atomic E-state index is 13.8. The molecule has 0 aliphatic carbocycles. The zero-order chi connectivity index (χ0) is 26.1. The molecule has 0 bridgehead atoms. The molecule has 2 atom stereocenters. The summed E-state index contributed by atoms with van der Waals surface area (Å²) < 4.78 is 41.3. The highest BCUT2D eigenvalue weighted by atomic mass is 32.2. The number of thioether (sulfide) groups is 1. The average Bonchev–Trinajstić information content (AvgIpc) is 3.17. The van der Waals surface area contributed by atoms with E-state index in [1.807, 2.05) is 19.3 Å². The Kier molecular flexibility index (Phi) is 10.8. The predicted octanol–water partition coefficient (Wildman–Crippen LogP) is 6.10. The molecule has 2 aromatic heterocycles. The summed E-state index contributed by atoms with van der Waals surface area (Å²) in [5, 5.41) is 8.85. The monoisotopic (exact) mass is 540 g/mol. The van der Waals surface area contributed by atoms with Crippen molar-refractivity contribution in [2.45, 2.75) is 58.8 Å². The molecule has 0 aromatic carbocycles. The summed E-state index contributed by atoms with van der Waals surface area (Å²) in [4.78, 5) is 16.0. The van der Waals surface area contributed by atoms with Gasteiger partial charge in [0.05, 0.1) is 27.2 Å². The molecule has 3 rings (SSSR count). The Labute approximate surface area is 219 Å². The van der Waals surface area contributed by atoms with Crippen molar-refractivity contribution in [3.05, 3.63) is 44.9 Å². The largest absolute Gasteiger partial charge is 0.404 e. The molecule has 1 aliphatic heterocycles. The molecule has 6 nitrogen and oxygen atoms in total. The predicted molar refractivity (Wildman–Crippen MR) is 146 cm³/mol. The van der Waals surface area contributed by atoms with Crippen molar-refractivity contribution in [2.24, 2.45) is 10.9 Å². The van der Waals surface area contributed by atoms with Crippen LogP contribution in [0.25, 0.3) is 5.70 Å². The summed E-state index contributed by atoms with van der Waals surface area (Å²) in [6.07, 6.45) is 0.604. The zero-order valence-electron chi connectivity index (χ0n) is 21.1. The van der Waals surface area contributed by atoms with Crippen LogP contribution in [0.1, 0.15) is 47.3 Å². The highest BCUT2D eigenvalue weighted by molar-refractivity contribution is 8.02. The van der Waals surface area contributed by atoms with Crippen LogP contribution in [-0.4, -0.2) is 59.3 Å². The van der Waals surface area contributed by atoms with Crippen LogP contribution in [0, 0.1) is 19.8 Å². The lowest BCUT2D eigenvalue weighted by Crippen LogP contribution is -2.50. The van der Waals surface area contributed by atoms with Crippen LogP contribution in [0.2, 0.25) is 0 Å². The van der Waals surface area contributed by atoms with Gasteiger partial charge in [-0.1, -0.05) is 19.4 Å². The maximum Gasteiger partial charge on any atom is 0.404 e. The van der Waals surface area contributed by atoms with Gasteiger partial charge < -0.3 is 15.5 Å². The molecule has 2 aromatic rings. The van der Waals surface area contributed by atoms with Crippen molar-refractivity contribution in [3.63, 3.8) is 0 Å². The zero-order valence-corrected chi connectivity index (χ0v) is 22.7. The second kappa shape index (κ2) is 13.6. The van der Waals surface area contributed by atoms with E-state index in [2.05, 4.69) is 37.2 Å². The summed E-state index contributed by atoms with van der Waals surface area (Å²) in [5.41, 5.74) is 2.43. The van der Waals surface area contributed by atoms with Gasteiger partial charge in [0.25, 0.3) is 0 Å². The van der Waals surface area contributed by atoms with Crippen molar-refractivity contribution in [1.82, 2.24) is 20.2 Å². The van der Waals surface area contributed by atoms with E-state index in [4.69, 9.17) is 0 Å². The van der Waals surface area contributed by atoms with Gasteiger partial charge in [-0.25, -0.2) is 9.97 Å². The summed E-state index contributed by atoms with van der Waals surface area (Å²) >= 11 is 3.11. The fourth-order valence-corrected chi connectivity index (χ4v) is 5.96. The van der Waals surface area contributed by atoms with Crippen LogP contribution in [0.4, 0.5) is 19.0 Å². The van der Waals surface area contributed by atoms with Crippen molar-refractivity contribution in [3.8, 4) is 0 Å². The first-order valence-electron chi connectivity index (χ1n) is 12.1. The number of aliphatic imine (C=N–C) groups is 1. The van der Waals surface area contributed by atoms with Gasteiger partial charge in [0.1, 0.15) is 11.9 Å². The Morgan fingerprint density at radius 2 is 2.03 bits per heavy atom. The quantitative estimate of drug-likeness (QED) is 0.193. The van der Waals surface area contributed by atoms with Crippen molar-refractivity contribution >= 4 is 41.3 Å². The minimum atomic E-state index is -4.30. The number of alkyl halides is 3. The Morgan fingerprint density at radius 3 is 2.61 bits per heavy atom. The third kappa shape index (κ3) is 8.57. The number of likely N-dealkylation sites (tertiary alicyclic amines) is 1. The molecule has 2 N–H and O–H groups in total. The Bertz CT molecular complexity index is 1000. The first-order chi connectivity index (χ1) is 17.2.